The molecule has 2 aromatic rings. The quantitative estimate of drug-likeness (QED) is 0.276. The van der Waals surface area contributed by atoms with Crippen LogP contribution in [0.25, 0.3) is 6.08 Å². The zero-order valence-electron chi connectivity index (χ0n) is 16.1. The van der Waals surface area contributed by atoms with Crippen molar-refractivity contribution in [2.75, 3.05) is 13.7 Å². The average Bonchev–Trinajstić information content (AvgIpc) is 2.72. The van der Waals surface area contributed by atoms with Crippen LogP contribution >= 0.6 is 11.6 Å². The summed E-state index contributed by atoms with van der Waals surface area (Å²) in [5, 5.41) is 9.76. The smallest absolute Gasteiger partial charge is 0.348 e. The number of aryl methyl sites for hydroxylation is 1. The molecule has 0 aromatic heterocycles. The highest BCUT2D eigenvalue weighted by Crippen LogP contribution is 2.29. The van der Waals surface area contributed by atoms with Crippen molar-refractivity contribution in [3.63, 3.8) is 0 Å². The van der Waals surface area contributed by atoms with Gasteiger partial charge in [0, 0.05) is 11.4 Å². The predicted octanol–water partition coefficient (Wildman–Crippen LogP) is 4.36. The summed E-state index contributed by atoms with van der Waals surface area (Å²) in [6.45, 7) is 1.83. The van der Waals surface area contributed by atoms with Gasteiger partial charge >= 0.3 is 11.9 Å². The number of benzene rings is 2. The highest BCUT2D eigenvalue weighted by atomic mass is 35.5. The van der Waals surface area contributed by atoms with Gasteiger partial charge in [0.05, 0.1) is 13.7 Å². The first kappa shape index (κ1) is 22.0. The Balaban J connectivity index is 2.07. The number of hydrogen-bond acceptors (Lipinski definition) is 6. The molecule has 2 aromatic carbocycles. The molecule has 0 bridgehead atoms. The van der Waals surface area contributed by atoms with Crippen LogP contribution in [0.15, 0.2) is 48.0 Å². The summed E-state index contributed by atoms with van der Waals surface area (Å²) >= 11 is 5.85. The van der Waals surface area contributed by atoms with E-state index in [1.807, 2.05) is 18.2 Å². The molecule has 7 heteroatoms. The predicted molar refractivity (Wildman–Crippen MR) is 109 cm³/mol. The molecule has 0 unspecified atom stereocenters. The number of carbonyl (C=O) groups is 2. The van der Waals surface area contributed by atoms with Crippen LogP contribution in [0.1, 0.15) is 24.5 Å². The van der Waals surface area contributed by atoms with E-state index in [2.05, 4.69) is 0 Å². The van der Waals surface area contributed by atoms with Gasteiger partial charge in [-0.15, -0.1) is 0 Å². The molecule has 0 radical (unpaired) electrons. The van der Waals surface area contributed by atoms with Gasteiger partial charge in [-0.25, -0.2) is 4.79 Å². The van der Waals surface area contributed by atoms with Gasteiger partial charge in [0.15, 0.2) is 11.5 Å². The largest absolute Gasteiger partial charge is 0.493 e. The Hall–Kier alpha value is -3.30. The maximum absolute atomic E-state index is 12.2. The summed E-state index contributed by atoms with van der Waals surface area (Å²) in [5.74, 6) is -0.558. The van der Waals surface area contributed by atoms with E-state index >= 15 is 0 Å². The first-order valence-electron chi connectivity index (χ1n) is 8.89. The van der Waals surface area contributed by atoms with E-state index < -0.39 is 11.9 Å². The summed E-state index contributed by atoms with van der Waals surface area (Å²) < 4.78 is 15.5. The first-order chi connectivity index (χ1) is 14.0. The van der Waals surface area contributed by atoms with Crippen molar-refractivity contribution in [3.05, 3.63) is 64.2 Å². The third-order valence-electron chi connectivity index (χ3n) is 3.87. The van der Waals surface area contributed by atoms with E-state index in [4.69, 9.17) is 31.1 Å². The van der Waals surface area contributed by atoms with Gasteiger partial charge in [0.25, 0.3) is 0 Å². The lowest BCUT2D eigenvalue weighted by atomic mass is 10.1. The number of nitriles is 1. The van der Waals surface area contributed by atoms with Crippen LogP contribution in [-0.2, 0) is 20.7 Å². The zero-order valence-corrected chi connectivity index (χ0v) is 16.9. The number of nitrogens with zero attached hydrogens (tertiary/aromatic N) is 1. The normalized spacial score (nSPS) is 10.8. The molecule has 150 valence electrons. The Morgan fingerprint density at radius 2 is 1.86 bits per heavy atom. The molecule has 0 saturated carbocycles. The molecule has 0 aliphatic heterocycles. The van der Waals surface area contributed by atoms with Crippen molar-refractivity contribution < 1.29 is 23.8 Å². The topological polar surface area (TPSA) is 85.6 Å². The SMILES string of the molecule is CCOC(=O)/C(C#N)=C/c1ccc(OC(=O)CCc2ccc(Cl)cc2)c(OC)c1. The van der Waals surface area contributed by atoms with Crippen LogP contribution in [0, 0.1) is 11.3 Å². The van der Waals surface area contributed by atoms with E-state index in [-0.39, 0.29) is 24.4 Å². The van der Waals surface area contributed by atoms with Gasteiger partial charge in [-0.3, -0.25) is 4.79 Å². The fraction of sp³-hybridized carbons (Fsp3) is 0.227. The van der Waals surface area contributed by atoms with Crippen molar-refractivity contribution in [3.8, 4) is 17.6 Å². The van der Waals surface area contributed by atoms with Crippen molar-refractivity contribution in [1.29, 1.82) is 5.26 Å². The molecule has 0 aliphatic carbocycles. The summed E-state index contributed by atoms with van der Waals surface area (Å²) in [4.78, 5) is 23.9. The average molecular weight is 414 g/mol. The van der Waals surface area contributed by atoms with Gasteiger partial charge in [0.1, 0.15) is 11.6 Å². The maximum atomic E-state index is 12.2. The number of ether oxygens (including phenoxy) is 3. The molecule has 0 heterocycles. The van der Waals surface area contributed by atoms with E-state index in [1.165, 1.54) is 13.2 Å². The van der Waals surface area contributed by atoms with Crippen molar-refractivity contribution >= 4 is 29.6 Å². The van der Waals surface area contributed by atoms with Crippen LogP contribution in [0.3, 0.4) is 0 Å². The Morgan fingerprint density at radius 1 is 1.14 bits per heavy atom. The number of methoxy groups -OCH3 is 1. The molecule has 0 amide bonds. The third-order valence-corrected chi connectivity index (χ3v) is 4.12. The van der Waals surface area contributed by atoms with Crippen molar-refractivity contribution in [1.82, 2.24) is 0 Å². The minimum Gasteiger partial charge on any atom is -0.493 e. The first-order valence-corrected chi connectivity index (χ1v) is 9.26. The third kappa shape index (κ3) is 6.66. The van der Waals surface area contributed by atoms with Crippen molar-refractivity contribution in [2.45, 2.75) is 19.8 Å². The Kier molecular flexibility index (Phi) is 8.26. The lowest BCUT2D eigenvalue weighted by molar-refractivity contribution is -0.138. The lowest BCUT2D eigenvalue weighted by Gasteiger charge is -2.10. The number of halogens is 1. The highest BCUT2D eigenvalue weighted by molar-refractivity contribution is 6.30. The Bertz CT molecular complexity index is 945. The molecule has 29 heavy (non-hydrogen) atoms. The second kappa shape index (κ2) is 10.9. The molecular formula is C22H20ClNO5. The summed E-state index contributed by atoms with van der Waals surface area (Å²) in [7, 11) is 1.43. The molecule has 0 atom stereocenters. The van der Waals surface area contributed by atoms with Crippen LogP contribution in [0.4, 0.5) is 0 Å². The highest BCUT2D eigenvalue weighted by Gasteiger charge is 2.13. The standard InChI is InChI=1S/C22H20ClNO5/c1-3-28-22(26)17(14-24)12-16-6-10-19(20(13-16)27-2)29-21(25)11-7-15-4-8-18(23)9-5-15/h4-6,8-10,12-13H,3,7,11H2,1-2H3/b17-12+. The molecule has 0 spiro atoms. The second-order valence-electron chi connectivity index (χ2n) is 5.90. The minimum atomic E-state index is -0.702. The van der Waals surface area contributed by atoms with Crippen LogP contribution in [0.2, 0.25) is 5.02 Å². The molecule has 0 fully saturated rings. The number of esters is 2. The molecule has 0 saturated heterocycles. The second-order valence-corrected chi connectivity index (χ2v) is 6.34. The van der Waals surface area contributed by atoms with Crippen LogP contribution < -0.4 is 9.47 Å². The van der Waals surface area contributed by atoms with E-state index in [0.29, 0.717) is 22.8 Å². The molecule has 6 nitrogen and oxygen atoms in total. The fourth-order valence-electron chi connectivity index (χ4n) is 2.44. The minimum absolute atomic E-state index is 0.137. The summed E-state index contributed by atoms with van der Waals surface area (Å²) in [6.07, 6.45) is 2.09. The van der Waals surface area contributed by atoms with Crippen LogP contribution in [-0.4, -0.2) is 25.7 Å². The van der Waals surface area contributed by atoms with Crippen LogP contribution in [0.5, 0.6) is 11.5 Å². The van der Waals surface area contributed by atoms with Gasteiger partial charge in [-0.1, -0.05) is 29.8 Å². The number of rotatable bonds is 8. The molecule has 2 rings (SSSR count). The van der Waals surface area contributed by atoms with Gasteiger partial charge in [-0.05, 0) is 54.8 Å². The number of hydrogen-bond donors (Lipinski definition) is 0. The molecule has 0 N–H and O–H groups in total. The summed E-state index contributed by atoms with van der Waals surface area (Å²) in [6, 6.07) is 13.8. The van der Waals surface area contributed by atoms with E-state index in [1.54, 1.807) is 37.3 Å². The maximum Gasteiger partial charge on any atom is 0.348 e. The summed E-state index contributed by atoms with van der Waals surface area (Å²) in [5.41, 5.74) is 1.37. The Labute approximate surface area is 174 Å². The molecule has 0 aliphatic rings. The monoisotopic (exact) mass is 413 g/mol. The van der Waals surface area contributed by atoms with E-state index in [0.717, 1.165) is 5.56 Å². The number of carbonyl (C=O) groups excluding carboxylic acids is 2. The fourth-order valence-corrected chi connectivity index (χ4v) is 2.57. The van der Waals surface area contributed by atoms with E-state index in [9.17, 15) is 9.59 Å². The van der Waals surface area contributed by atoms with Gasteiger partial charge in [0.2, 0.25) is 0 Å². The van der Waals surface area contributed by atoms with Gasteiger partial charge < -0.3 is 14.2 Å². The van der Waals surface area contributed by atoms with Gasteiger partial charge in [-0.2, -0.15) is 5.26 Å². The lowest BCUT2D eigenvalue weighted by Crippen LogP contribution is -2.10. The van der Waals surface area contributed by atoms with Crippen molar-refractivity contribution in [2.24, 2.45) is 0 Å². The molecular weight excluding hydrogens is 394 g/mol. The zero-order chi connectivity index (χ0) is 21.2. The Morgan fingerprint density at radius 3 is 2.48 bits per heavy atom.